The zero-order chi connectivity index (χ0) is 71.2. The van der Waals surface area contributed by atoms with Crippen LogP contribution in [0.15, 0.2) is 197 Å². The van der Waals surface area contributed by atoms with E-state index >= 15 is 0 Å². The van der Waals surface area contributed by atoms with Crippen LogP contribution in [-0.2, 0) is 40.4 Å². The summed E-state index contributed by atoms with van der Waals surface area (Å²) >= 11 is 35.8. The number of carbonyl (C=O) groups excluding carboxylic acids is 3. The maximum absolute atomic E-state index is 13.6. The lowest BCUT2D eigenvalue weighted by Crippen LogP contribution is -2.28. The van der Waals surface area contributed by atoms with Gasteiger partial charge in [0.15, 0.2) is 17.2 Å². The second-order valence-electron chi connectivity index (χ2n) is 22.8. The molecular weight excluding hydrogens is 1390 g/mol. The van der Waals surface area contributed by atoms with E-state index < -0.39 is 63.3 Å². The first-order valence-electron chi connectivity index (χ1n) is 30.8. The SMILES string of the molecule is Cn1c(-c2cc(F)cc(F)c2)cc(C(=O)NCCCc2ccc(Cl)c(Cl)c2)c(O)c1=O.Cn1c(-c2ccc(-c3ccccc3)cc2)cc(C(=O)NCCCc2ccc(Cl)c(Cl)c2)c(O)c1=O.Cn1c(-c2ccc3ncccc3c2)cc(C(=O)NCCCc2ccc(Cl)c(Cl)c2)c(O)c1=O. The Kier molecular flexibility index (Phi) is 25.0. The largest absolute Gasteiger partial charge is 0.502 e. The molecule has 0 radical (unpaired) electrons. The molecule has 0 spiro atoms. The number of amides is 3. The molecule has 4 heterocycles. The van der Waals surface area contributed by atoms with Crippen LogP contribution in [0.2, 0.25) is 30.1 Å². The zero-order valence-electron chi connectivity index (χ0n) is 53.3. The van der Waals surface area contributed by atoms with Crippen LogP contribution >= 0.6 is 69.6 Å². The summed E-state index contributed by atoms with van der Waals surface area (Å²) in [5.41, 5.74) is 6.08. The standard InChI is InChI=1S/C28H24Cl2N2O3.C25H21Cl2N3O3.C22H18Cl2F2N2O3/c1-32-25(21-12-10-20(11-13-21)19-7-3-2-4-8-19)17-22(26(33)28(32)35)27(34)31-15-5-6-18-9-14-23(29)24(30)16-18;1-30-22(17-7-9-21-16(13-17)5-3-10-28-21)14-18(23(31)25(30)33)24(32)29-11-2-4-15-6-8-19(26)20(27)12-15;1-28-19(13-8-14(25)10-15(26)9-13)11-16(20(29)22(28)31)21(30)27-6-2-3-12-4-5-17(23)18(24)7-12/h2-4,7-14,16-17,33H,5-6,15H2,1H3,(H,31,34);3,5-10,12-14,31H,2,4,11H2,1H3,(H,29,32);4-5,7-11,29H,2-3,6H2,1H3,(H,27,30). The van der Waals surface area contributed by atoms with Crippen molar-refractivity contribution >= 4 is 98.2 Å². The minimum Gasteiger partial charge on any atom is -0.502 e. The molecule has 0 atom stereocenters. The summed E-state index contributed by atoms with van der Waals surface area (Å²) in [5.74, 6) is -5.25. The molecule has 11 aromatic rings. The average Bonchev–Trinajstić information content (AvgIpc) is 0.796. The van der Waals surface area contributed by atoms with Crippen LogP contribution in [0.4, 0.5) is 8.78 Å². The van der Waals surface area contributed by atoms with E-state index in [1.54, 1.807) is 62.8 Å². The van der Waals surface area contributed by atoms with Crippen molar-refractivity contribution in [1.29, 1.82) is 0 Å². The Bertz CT molecular complexity index is 5010. The van der Waals surface area contributed by atoms with Gasteiger partial charge in [0.2, 0.25) is 0 Å². The highest BCUT2D eigenvalue weighted by molar-refractivity contribution is 6.43. The van der Waals surface area contributed by atoms with E-state index in [1.165, 1.54) is 28.3 Å². The maximum atomic E-state index is 13.6. The number of pyridine rings is 4. The van der Waals surface area contributed by atoms with Crippen LogP contribution in [0.3, 0.4) is 0 Å². The molecule has 99 heavy (non-hydrogen) atoms. The van der Waals surface area contributed by atoms with Crippen molar-refractivity contribution in [3.8, 4) is 62.1 Å². The Morgan fingerprint density at radius 1 is 0.394 bits per heavy atom. The second-order valence-corrected chi connectivity index (χ2v) is 25.2. The third-order valence-electron chi connectivity index (χ3n) is 16.0. The lowest BCUT2D eigenvalue weighted by molar-refractivity contribution is 0.0941. The number of hydrogen-bond acceptors (Lipinski definition) is 10. The summed E-state index contributed by atoms with van der Waals surface area (Å²) in [5, 5.41) is 42.8. The fraction of sp³-hybridized carbons (Fsp3) is 0.160. The van der Waals surface area contributed by atoms with E-state index in [0.29, 0.717) is 99.2 Å². The summed E-state index contributed by atoms with van der Waals surface area (Å²) in [7, 11) is 4.46. The summed E-state index contributed by atoms with van der Waals surface area (Å²) in [6.45, 7) is 0.997. The minimum atomic E-state index is -0.858. The van der Waals surface area contributed by atoms with E-state index in [4.69, 9.17) is 69.6 Å². The van der Waals surface area contributed by atoms with Gasteiger partial charge in [-0.2, -0.15) is 0 Å². The lowest BCUT2D eigenvalue weighted by Gasteiger charge is -2.13. The lowest BCUT2D eigenvalue weighted by atomic mass is 10.0. The normalized spacial score (nSPS) is 10.9. The quantitative estimate of drug-likeness (QED) is 0.0420. The highest BCUT2D eigenvalue weighted by Crippen LogP contribution is 2.31. The topological polar surface area (TPSA) is 227 Å². The molecule has 0 aliphatic rings. The molecule has 16 nitrogen and oxygen atoms in total. The Morgan fingerprint density at radius 3 is 1.16 bits per heavy atom. The van der Waals surface area contributed by atoms with Gasteiger partial charge < -0.3 is 45.0 Å². The second kappa shape index (κ2) is 33.6. The molecule has 24 heteroatoms. The number of carbonyl (C=O) groups is 3. The third kappa shape index (κ3) is 18.5. The highest BCUT2D eigenvalue weighted by atomic mass is 35.5. The monoisotopic (exact) mass is 1450 g/mol. The van der Waals surface area contributed by atoms with Gasteiger partial charge in [0.25, 0.3) is 34.4 Å². The van der Waals surface area contributed by atoms with Crippen LogP contribution < -0.4 is 32.6 Å². The van der Waals surface area contributed by atoms with E-state index in [1.807, 2.05) is 103 Å². The van der Waals surface area contributed by atoms with Gasteiger partial charge >= 0.3 is 0 Å². The van der Waals surface area contributed by atoms with E-state index in [9.17, 15) is 52.9 Å². The van der Waals surface area contributed by atoms with Crippen molar-refractivity contribution in [3.63, 3.8) is 0 Å². The van der Waals surface area contributed by atoms with Gasteiger partial charge in [-0.1, -0.05) is 155 Å². The number of nitrogens with one attached hydrogen (secondary N) is 3. The van der Waals surface area contributed by atoms with Gasteiger partial charge in [-0.15, -0.1) is 0 Å². The summed E-state index contributed by atoms with van der Waals surface area (Å²) in [6.07, 6.45) is 5.59. The fourth-order valence-electron chi connectivity index (χ4n) is 10.7. The van der Waals surface area contributed by atoms with Crippen LogP contribution in [0.1, 0.15) is 67.0 Å². The first kappa shape index (κ1) is 73.5. The molecule has 6 N–H and O–H groups in total. The Balaban J connectivity index is 0.000000174. The van der Waals surface area contributed by atoms with Gasteiger partial charge in [-0.25, -0.2) is 8.78 Å². The van der Waals surface area contributed by atoms with E-state index in [0.717, 1.165) is 66.5 Å². The van der Waals surface area contributed by atoms with Gasteiger partial charge in [-0.3, -0.25) is 33.8 Å². The number of aromatic nitrogens is 4. The Morgan fingerprint density at radius 2 is 0.758 bits per heavy atom. The molecule has 7 aromatic carbocycles. The molecule has 0 saturated carbocycles. The van der Waals surface area contributed by atoms with Gasteiger partial charge in [-0.05, 0) is 162 Å². The number of hydrogen-bond donors (Lipinski definition) is 6. The van der Waals surface area contributed by atoms with Gasteiger partial charge in [0, 0.05) is 64.0 Å². The van der Waals surface area contributed by atoms with Crippen LogP contribution in [-0.4, -0.2) is 71.4 Å². The number of aromatic hydroxyl groups is 3. The fourth-order valence-corrected chi connectivity index (χ4v) is 11.6. The molecule has 3 amide bonds. The van der Waals surface area contributed by atoms with Crippen LogP contribution in [0.25, 0.3) is 55.8 Å². The van der Waals surface area contributed by atoms with Gasteiger partial charge in [0.05, 0.1) is 69.4 Å². The molecule has 0 unspecified atom stereocenters. The van der Waals surface area contributed by atoms with E-state index in [2.05, 4.69) is 20.9 Å². The first-order chi connectivity index (χ1) is 47.4. The predicted octanol–water partition coefficient (Wildman–Crippen LogP) is 15.8. The van der Waals surface area contributed by atoms with Crippen LogP contribution in [0, 0.1) is 11.6 Å². The van der Waals surface area contributed by atoms with Gasteiger partial charge in [0.1, 0.15) is 11.6 Å². The number of aryl methyl sites for hydroxylation is 3. The smallest absolute Gasteiger partial charge is 0.293 e. The first-order valence-corrected chi connectivity index (χ1v) is 33.1. The van der Waals surface area contributed by atoms with Crippen molar-refractivity contribution < 1.29 is 38.5 Å². The van der Waals surface area contributed by atoms with Crippen molar-refractivity contribution in [3.05, 3.63) is 288 Å². The molecule has 0 aliphatic heterocycles. The molecule has 0 fully saturated rings. The summed E-state index contributed by atoms with van der Waals surface area (Å²) in [4.78, 5) is 80.1. The third-order valence-corrected chi connectivity index (χ3v) is 18.2. The molecule has 0 aliphatic carbocycles. The maximum Gasteiger partial charge on any atom is 0.293 e. The molecule has 4 aromatic heterocycles. The van der Waals surface area contributed by atoms with E-state index in [-0.39, 0.29) is 34.5 Å². The number of halogens is 8. The van der Waals surface area contributed by atoms with Crippen molar-refractivity contribution in [2.45, 2.75) is 38.5 Å². The number of rotatable bonds is 19. The Labute approximate surface area is 597 Å². The highest BCUT2D eigenvalue weighted by Gasteiger charge is 2.23. The van der Waals surface area contributed by atoms with Crippen molar-refractivity contribution in [1.82, 2.24) is 34.6 Å². The van der Waals surface area contributed by atoms with Crippen LogP contribution in [0.5, 0.6) is 17.2 Å². The number of nitrogens with zero attached hydrogens (tertiary/aromatic N) is 4. The zero-order valence-corrected chi connectivity index (χ0v) is 57.8. The molecule has 508 valence electrons. The number of fused-ring (bicyclic) bond motifs is 1. The van der Waals surface area contributed by atoms with Crippen molar-refractivity contribution in [2.75, 3.05) is 19.6 Å². The van der Waals surface area contributed by atoms with Crippen molar-refractivity contribution in [2.24, 2.45) is 21.1 Å². The molecule has 0 bridgehead atoms. The summed E-state index contributed by atoms with van der Waals surface area (Å²) in [6, 6.07) is 50.2. The molecular formula is C75H63Cl6F2N7O9. The predicted molar refractivity (Wildman–Crippen MR) is 388 cm³/mol. The minimum absolute atomic E-state index is 0.0511. The average molecular weight is 1460 g/mol. The molecule has 11 rings (SSSR count). The summed E-state index contributed by atoms with van der Waals surface area (Å²) < 4.78 is 30.9. The molecule has 0 saturated heterocycles. The number of benzene rings is 7. The Hall–Kier alpha value is -9.79.